The zero-order valence-corrected chi connectivity index (χ0v) is 30.6. The van der Waals surface area contributed by atoms with Gasteiger partial charge in [0, 0.05) is 16.1 Å². The van der Waals surface area contributed by atoms with Crippen LogP contribution in [-0.2, 0) is 16.1 Å². The van der Waals surface area contributed by atoms with E-state index in [9.17, 15) is 14.9 Å². The van der Waals surface area contributed by atoms with Gasteiger partial charge in [-0.1, -0.05) is 83.6 Å². The van der Waals surface area contributed by atoms with Crippen LogP contribution in [0.3, 0.4) is 0 Å². The molecule has 1 aromatic heterocycles. The van der Waals surface area contributed by atoms with Crippen LogP contribution in [0, 0.1) is 18.5 Å². The van der Waals surface area contributed by atoms with Crippen LogP contribution in [0.1, 0.15) is 40.8 Å². The maximum atomic E-state index is 14.2. The molecular weight excluding hydrogens is 860 g/mol. The minimum Gasteiger partial charge on any atom is -0.487 e. The van der Waals surface area contributed by atoms with Gasteiger partial charge in [-0.2, -0.15) is 5.26 Å². The van der Waals surface area contributed by atoms with Gasteiger partial charge in [0.25, 0.3) is 5.56 Å². The molecule has 47 heavy (non-hydrogen) atoms. The Morgan fingerprint density at radius 3 is 2.40 bits per heavy atom. The van der Waals surface area contributed by atoms with Crippen molar-refractivity contribution >= 4 is 85.9 Å². The van der Waals surface area contributed by atoms with Crippen molar-refractivity contribution in [3.05, 3.63) is 156 Å². The van der Waals surface area contributed by atoms with E-state index in [0.29, 0.717) is 36.9 Å². The Kier molecular flexibility index (Phi) is 10.3. The highest BCUT2D eigenvalue weighted by molar-refractivity contribution is 14.1. The lowest BCUT2D eigenvalue weighted by atomic mass is 9.93. The third kappa shape index (κ3) is 6.94. The monoisotopic (exact) mass is 883 g/mol. The molecule has 0 saturated carbocycles. The first-order valence-corrected chi connectivity index (χ1v) is 17.8. The molecule has 0 radical (unpaired) electrons. The predicted octanol–water partition coefficient (Wildman–Crippen LogP) is 7.25. The van der Waals surface area contributed by atoms with Gasteiger partial charge in [-0.05, 0) is 99.6 Å². The normalized spacial score (nSPS) is 14.3. The highest BCUT2D eigenvalue weighted by Crippen LogP contribution is 2.36. The zero-order valence-electron chi connectivity index (χ0n) is 24.7. The minimum atomic E-state index is -0.785. The Balaban J connectivity index is 1.47. The molecule has 0 saturated heterocycles. The Labute approximate surface area is 306 Å². The first-order valence-electron chi connectivity index (χ1n) is 14.4. The molecule has 0 fully saturated rings. The molecule has 1 atom stereocenters. The number of halogens is 3. The van der Waals surface area contributed by atoms with Crippen LogP contribution in [0.25, 0.3) is 11.8 Å². The van der Waals surface area contributed by atoms with Crippen molar-refractivity contribution in [3.8, 4) is 11.8 Å². The third-order valence-electron chi connectivity index (χ3n) is 7.39. The summed E-state index contributed by atoms with van der Waals surface area (Å²) in [5.41, 5.74) is 4.09. The fourth-order valence-corrected chi connectivity index (χ4v) is 8.51. The fraction of sp³-hybridized carbons (Fsp3) is 0.111. The Hall–Kier alpha value is -3.77. The number of benzene rings is 4. The SMILES string of the molecule is CCOC(=O)C1=C(c2ccccc2)N=c2s/c(=C\c3cc(I)c(OCc4ccccc4C#N)c(I)c3)c(=O)n2[C@H]1c1ccc(Cl)cc1. The number of hydrogen-bond acceptors (Lipinski definition) is 7. The van der Waals surface area contributed by atoms with Crippen LogP contribution in [0.5, 0.6) is 5.75 Å². The second-order valence-electron chi connectivity index (χ2n) is 10.4. The van der Waals surface area contributed by atoms with Crippen molar-refractivity contribution < 1.29 is 14.3 Å². The van der Waals surface area contributed by atoms with Gasteiger partial charge in [-0.3, -0.25) is 9.36 Å². The number of esters is 1. The summed E-state index contributed by atoms with van der Waals surface area (Å²) in [6.07, 6.45) is 1.83. The topological polar surface area (TPSA) is 93.7 Å². The number of carbonyl (C=O) groups is 1. The maximum Gasteiger partial charge on any atom is 0.338 e. The van der Waals surface area contributed by atoms with Crippen LogP contribution in [0.15, 0.2) is 106 Å². The van der Waals surface area contributed by atoms with E-state index in [1.807, 2.05) is 78.9 Å². The molecule has 234 valence electrons. The third-order valence-corrected chi connectivity index (χ3v) is 10.2. The fourth-order valence-electron chi connectivity index (χ4n) is 5.26. The maximum absolute atomic E-state index is 14.2. The number of aromatic nitrogens is 1. The summed E-state index contributed by atoms with van der Waals surface area (Å²) in [5, 5.41) is 9.98. The van der Waals surface area contributed by atoms with Gasteiger partial charge in [0.05, 0.1) is 47.2 Å². The molecule has 1 aliphatic rings. The van der Waals surface area contributed by atoms with Gasteiger partial charge in [-0.15, -0.1) is 0 Å². The van der Waals surface area contributed by atoms with E-state index in [2.05, 4.69) is 51.3 Å². The lowest BCUT2D eigenvalue weighted by Gasteiger charge is -2.25. The molecule has 4 aromatic carbocycles. The van der Waals surface area contributed by atoms with Gasteiger partial charge < -0.3 is 9.47 Å². The summed E-state index contributed by atoms with van der Waals surface area (Å²) in [4.78, 5) is 33.2. The number of nitriles is 1. The molecule has 0 aliphatic carbocycles. The Morgan fingerprint density at radius 1 is 1.04 bits per heavy atom. The summed E-state index contributed by atoms with van der Waals surface area (Å²) in [6.45, 7) is 2.17. The first kappa shape index (κ1) is 33.1. The average Bonchev–Trinajstić information content (AvgIpc) is 3.38. The van der Waals surface area contributed by atoms with Crippen molar-refractivity contribution in [1.29, 1.82) is 5.26 Å². The summed E-state index contributed by atoms with van der Waals surface area (Å²) in [6, 6.07) is 29.2. The molecule has 5 aromatic rings. The molecule has 0 spiro atoms. The van der Waals surface area contributed by atoms with Gasteiger partial charge in [0.1, 0.15) is 12.4 Å². The quantitative estimate of drug-likeness (QED) is 0.121. The largest absolute Gasteiger partial charge is 0.487 e. The van der Waals surface area contributed by atoms with Gasteiger partial charge in [0.2, 0.25) is 0 Å². The molecule has 6 rings (SSSR count). The highest BCUT2D eigenvalue weighted by Gasteiger charge is 2.35. The number of hydrogen-bond donors (Lipinski definition) is 0. The van der Waals surface area contributed by atoms with Crippen LogP contribution in [0.4, 0.5) is 0 Å². The highest BCUT2D eigenvalue weighted by atomic mass is 127. The molecule has 7 nitrogen and oxygen atoms in total. The standard InChI is InChI=1S/C36H24ClI2N3O4S/c1-2-45-35(44)30-31(22-8-4-3-5-9-22)41-36-42(32(30)23-12-14-26(37)15-13-23)34(43)29(47-36)18-21-16-27(38)33(28(39)17-21)46-20-25-11-7-6-10-24(25)19-40/h3-18,32H,2,20H2,1H3/b29-18-/t32-/m0/s1. The van der Waals surface area contributed by atoms with E-state index < -0.39 is 12.0 Å². The van der Waals surface area contributed by atoms with E-state index in [-0.39, 0.29) is 24.3 Å². The number of thiazole rings is 1. The van der Waals surface area contributed by atoms with Crippen LogP contribution < -0.4 is 19.6 Å². The molecular formula is C36H24ClI2N3O4S. The number of rotatable bonds is 8. The lowest BCUT2D eigenvalue weighted by molar-refractivity contribution is -0.138. The predicted molar refractivity (Wildman–Crippen MR) is 200 cm³/mol. The molecule has 0 unspecified atom stereocenters. The summed E-state index contributed by atoms with van der Waals surface area (Å²) in [5.74, 6) is 0.160. The summed E-state index contributed by atoms with van der Waals surface area (Å²) < 4.78 is 15.4. The van der Waals surface area contributed by atoms with Crippen LogP contribution >= 0.6 is 68.1 Å². The van der Waals surface area contributed by atoms with E-state index in [4.69, 9.17) is 26.1 Å². The van der Waals surface area contributed by atoms with Crippen molar-refractivity contribution in [1.82, 2.24) is 4.57 Å². The molecule has 0 bridgehead atoms. The second-order valence-corrected chi connectivity index (χ2v) is 14.1. The summed E-state index contributed by atoms with van der Waals surface area (Å²) in [7, 11) is 0. The van der Waals surface area contributed by atoms with Gasteiger partial charge in [0.15, 0.2) is 4.80 Å². The Morgan fingerprint density at radius 2 is 1.72 bits per heavy atom. The van der Waals surface area contributed by atoms with Crippen molar-refractivity contribution in [2.24, 2.45) is 4.99 Å². The van der Waals surface area contributed by atoms with Crippen molar-refractivity contribution in [2.75, 3.05) is 6.61 Å². The summed E-state index contributed by atoms with van der Waals surface area (Å²) >= 11 is 11.9. The van der Waals surface area contributed by atoms with E-state index in [0.717, 1.165) is 23.8 Å². The average molecular weight is 884 g/mol. The minimum absolute atomic E-state index is 0.171. The number of carbonyl (C=O) groups excluding carboxylic acids is 1. The van der Waals surface area contributed by atoms with Gasteiger partial charge in [-0.25, -0.2) is 9.79 Å². The number of fused-ring (bicyclic) bond motifs is 1. The van der Waals surface area contributed by atoms with E-state index in [1.54, 1.807) is 29.7 Å². The van der Waals surface area contributed by atoms with Gasteiger partial charge >= 0.3 is 5.97 Å². The Bertz CT molecular complexity index is 2240. The second kappa shape index (κ2) is 14.6. The first-order chi connectivity index (χ1) is 22.8. The number of nitrogens with zero attached hydrogens (tertiary/aromatic N) is 3. The molecule has 2 heterocycles. The molecule has 0 N–H and O–H groups in total. The van der Waals surface area contributed by atoms with Crippen LogP contribution in [-0.4, -0.2) is 17.1 Å². The molecule has 0 amide bonds. The zero-order chi connectivity index (χ0) is 33.1. The lowest BCUT2D eigenvalue weighted by Crippen LogP contribution is -2.40. The van der Waals surface area contributed by atoms with Crippen molar-refractivity contribution in [3.63, 3.8) is 0 Å². The molecule has 11 heteroatoms. The van der Waals surface area contributed by atoms with E-state index in [1.165, 1.54) is 11.3 Å². The van der Waals surface area contributed by atoms with Crippen LogP contribution in [0.2, 0.25) is 5.02 Å². The number of ether oxygens (including phenoxy) is 2. The molecule has 1 aliphatic heterocycles. The van der Waals surface area contributed by atoms with Crippen molar-refractivity contribution in [2.45, 2.75) is 19.6 Å². The smallest absolute Gasteiger partial charge is 0.338 e. The van der Waals surface area contributed by atoms with E-state index >= 15 is 0 Å².